The summed E-state index contributed by atoms with van der Waals surface area (Å²) in [5, 5.41) is 0. The SMILES string of the molecule is Cl[PH]1(Oc2ccccc2)N[PH](Oc2ccccc2)(Oc2ccccc2)N[PH](Oc2ccccc2)(Oc2ccccc2)N1. The molecule has 12 heteroatoms. The summed E-state index contributed by atoms with van der Waals surface area (Å²) in [7, 11) is -11.4. The molecule has 6 rings (SSSR count). The second-order valence-electron chi connectivity index (χ2n) is 9.28. The van der Waals surface area contributed by atoms with Crippen molar-refractivity contribution in [2.45, 2.75) is 0 Å². The normalized spacial score (nSPS) is 18.8. The van der Waals surface area contributed by atoms with E-state index in [0.717, 1.165) is 0 Å². The molecular formula is C30H31ClN3O5P3. The molecule has 0 spiro atoms. The van der Waals surface area contributed by atoms with Gasteiger partial charge in [-0.15, -0.1) is 0 Å². The number of hydrogen-bond acceptors (Lipinski definition) is 8. The molecule has 0 bridgehead atoms. The van der Waals surface area contributed by atoms with Gasteiger partial charge in [0.1, 0.15) is 0 Å². The Labute approximate surface area is 251 Å². The summed E-state index contributed by atoms with van der Waals surface area (Å²) in [4.78, 5) is 10.4. The molecule has 8 nitrogen and oxygen atoms in total. The van der Waals surface area contributed by atoms with Crippen LogP contribution >= 0.6 is 34.4 Å². The fourth-order valence-electron chi connectivity index (χ4n) is 4.30. The first-order valence-electron chi connectivity index (χ1n) is 13.3. The zero-order chi connectivity index (χ0) is 28.7. The van der Waals surface area contributed by atoms with E-state index in [2.05, 4.69) is 14.6 Å². The Kier molecular flexibility index (Phi) is 8.76. The average Bonchev–Trinajstić information content (AvgIpc) is 2.99. The zero-order valence-corrected chi connectivity index (χ0v) is 26.1. The predicted molar refractivity (Wildman–Crippen MR) is 176 cm³/mol. The maximum atomic E-state index is 7.45. The van der Waals surface area contributed by atoms with E-state index in [-0.39, 0.29) is 0 Å². The van der Waals surface area contributed by atoms with Crippen molar-refractivity contribution in [2.75, 3.05) is 0 Å². The van der Waals surface area contributed by atoms with Gasteiger partial charge in [-0.25, -0.2) is 0 Å². The van der Waals surface area contributed by atoms with Crippen LogP contribution in [0.15, 0.2) is 152 Å². The maximum absolute atomic E-state index is 7.45. The van der Waals surface area contributed by atoms with Crippen LogP contribution in [-0.2, 0) is 0 Å². The van der Waals surface area contributed by atoms with E-state index in [9.17, 15) is 0 Å². The molecular weight excluding hydrogens is 611 g/mol. The van der Waals surface area contributed by atoms with Crippen molar-refractivity contribution in [1.82, 2.24) is 14.6 Å². The summed E-state index contributed by atoms with van der Waals surface area (Å²) >= 11 is 7.45. The van der Waals surface area contributed by atoms with Crippen LogP contribution in [0.4, 0.5) is 0 Å². The molecule has 0 saturated carbocycles. The summed E-state index contributed by atoms with van der Waals surface area (Å²) in [6.07, 6.45) is 0. The fourth-order valence-corrected chi connectivity index (χ4v) is 18.8. The van der Waals surface area contributed by atoms with E-state index in [1.165, 1.54) is 0 Å². The average molecular weight is 642 g/mol. The molecule has 1 aliphatic heterocycles. The van der Waals surface area contributed by atoms with Crippen molar-refractivity contribution in [3.8, 4) is 28.7 Å². The molecule has 218 valence electrons. The summed E-state index contributed by atoms with van der Waals surface area (Å²) < 4.78 is 33.3. The standard InChI is InChI=1S/C30H31ClN3O5P3/c31-40(35-26-16-6-1-7-17-26)32-41(36-27-18-8-2-9-19-27,37-28-20-10-3-11-21-28)34-42(33-40,38-29-22-12-4-13-23-29)39-30-24-14-5-15-25-30/h1-25,32-34,40-42H. The van der Waals surface area contributed by atoms with Gasteiger partial charge in [0.15, 0.2) is 0 Å². The van der Waals surface area contributed by atoms with Crippen LogP contribution in [0.25, 0.3) is 0 Å². The summed E-state index contributed by atoms with van der Waals surface area (Å²) in [6.45, 7) is 0. The molecule has 3 N–H and O–H groups in total. The molecule has 0 aliphatic carbocycles. The van der Waals surface area contributed by atoms with Crippen LogP contribution in [0.1, 0.15) is 0 Å². The predicted octanol–water partition coefficient (Wildman–Crippen LogP) is 8.63. The summed E-state index contributed by atoms with van der Waals surface area (Å²) in [5.74, 6) is 2.83. The first kappa shape index (κ1) is 28.7. The number of para-hydroxylation sites is 5. The molecule has 0 amide bonds. The second kappa shape index (κ2) is 12.8. The van der Waals surface area contributed by atoms with Crippen LogP contribution in [0.2, 0.25) is 0 Å². The van der Waals surface area contributed by atoms with Crippen LogP contribution < -0.4 is 37.2 Å². The van der Waals surface area contributed by atoms with Crippen LogP contribution in [0, 0.1) is 0 Å². The molecule has 0 atom stereocenters. The van der Waals surface area contributed by atoms with Gasteiger partial charge in [-0.3, -0.25) is 0 Å². The Balaban J connectivity index is 1.50. The van der Waals surface area contributed by atoms with Gasteiger partial charge in [0, 0.05) is 0 Å². The number of nitrogens with one attached hydrogen (secondary N) is 3. The number of benzene rings is 5. The molecule has 5 aromatic rings. The van der Waals surface area contributed by atoms with Crippen molar-refractivity contribution in [3.05, 3.63) is 152 Å². The molecule has 1 saturated heterocycles. The molecule has 5 aromatic carbocycles. The molecule has 0 unspecified atom stereocenters. The number of hydrogen-bond donors (Lipinski definition) is 3. The van der Waals surface area contributed by atoms with E-state index in [0.29, 0.717) is 28.7 Å². The monoisotopic (exact) mass is 641 g/mol. The van der Waals surface area contributed by atoms with E-state index in [4.69, 9.17) is 33.9 Å². The van der Waals surface area contributed by atoms with Crippen molar-refractivity contribution in [2.24, 2.45) is 0 Å². The first-order chi connectivity index (χ1) is 20.5. The zero-order valence-electron chi connectivity index (χ0n) is 22.4. The van der Waals surface area contributed by atoms with E-state index in [1.54, 1.807) is 0 Å². The molecule has 1 aliphatic rings. The van der Waals surface area contributed by atoms with Gasteiger partial charge in [0.2, 0.25) is 0 Å². The van der Waals surface area contributed by atoms with Crippen LogP contribution in [-0.4, -0.2) is 0 Å². The van der Waals surface area contributed by atoms with Gasteiger partial charge in [-0.1, -0.05) is 0 Å². The molecule has 0 aromatic heterocycles. The Hall–Kier alpha value is -3.44. The van der Waals surface area contributed by atoms with Gasteiger partial charge in [0.25, 0.3) is 0 Å². The third-order valence-electron chi connectivity index (χ3n) is 6.00. The van der Waals surface area contributed by atoms with E-state index < -0.39 is 23.2 Å². The Morgan fingerprint density at radius 2 is 0.571 bits per heavy atom. The van der Waals surface area contributed by atoms with Gasteiger partial charge < -0.3 is 0 Å². The number of rotatable bonds is 10. The Morgan fingerprint density at radius 3 is 0.833 bits per heavy atom. The molecule has 1 heterocycles. The third-order valence-corrected chi connectivity index (χ3v) is 18.4. The van der Waals surface area contributed by atoms with Gasteiger partial charge in [-0.05, 0) is 0 Å². The molecule has 1 fully saturated rings. The Bertz CT molecular complexity index is 1380. The molecule has 0 radical (unpaired) electrons. The van der Waals surface area contributed by atoms with Gasteiger partial charge in [-0.2, -0.15) is 0 Å². The van der Waals surface area contributed by atoms with Crippen LogP contribution in [0.3, 0.4) is 0 Å². The minimum atomic E-state index is -3.84. The Morgan fingerprint density at radius 1 is 0.333 bits per heavy atom. The van der Waals surface area contributed by atoms with Crippen molar-refractivity contribution in [1.29, 1.82) is 0 Å². The van der Waals surface area contributed by atoms with E-state index >= 15 is 0 Å². The second-order valence-corrected chi connectivity index (χ2v) is 18.6. The molecule has 42 heavy (non-hydrogen) atoms. The van der Waals surface area contributed by atoms with Crippen molar-refractivity contribution < 1.29 is 22.6 Å². The first-order valence-corrected chi connectivity index (χ1v) is 19.8. The van der Waals surface area contributed by atoms with Gasteiger partial charge in [0.05, 0.1) is 0 Å². The van der Waals surface area contributed by atoms with Gasteiger partial charge >= 0.3 is 252 Å². The van der Waals surface area contributed by atoms with Crippen molar-refractivity contribution in [3.63, 3.8) is 0 Å². The summed E-state index contributed by atoms with van der Waals surface area (Å²) in [5.41, 5.74) is 0. The van der Waals surface area contributed by atoms with E-state index in [1.807, 2.05) is 152 Å². The fraction of sp³-hybridized carbons (Fsp3) is 0. The quantitative estimate of drug-likeness (QED) is 0.131. The van der Waals surface area contributed by atoms with Crippen molar-refractivity contribution >= 4 is 34.4 Å². The topological polar surface area (TPSA) is 82.2 Å². The number of halogens is 1. The third kappa shape index (κ3) is 7.30. The summed E-state index contributed by atoms with van der Waals surface area (Å²) in [6, 6.07) is 46.9. The van der Waals surface area contributed by atoms with Crippen LogP contribution in [0.5, 0.6) is 28.7 Å². The minimum absolute atomic E-state index is 0.561.